The van der Waals surface area contributed by atoms with Gasteiger partial charge in [-0.15, -0.1) is 0 Å². The zero-order chi connectivity index (χ0) is 8.85. The highest BCUT2D eigenvalue weighted by Crippen LogP contribution is 1.96. The van der Waals surface area contributed by atoms with E-state index in [-0.39, 0.29) is 11.7 Å². The Labute approximate surface area is 68.1 Å². The first kappa shape index (κ1) is 10.1. The summed E-state index contributed by atoms with van der Waals surface area (Å²) in [4.78, 5) is 11.0. The molecule has 0 atom stereocenters. The highest BCUT2D eigenvalue weighted by atomic mass is 16.1. The summed E-state index contributed by atoms with van der Waals surface area (Å²) in [6.45, 7) is 3.79. The van der Waals surface area contributed by atoms with Gasteiger partial charge in [-0.3, -0.25) is 4.79 Å². The molecule has 0 bridgehead atoms. The van der Waals surface area contributed by atoms with Crippen LogP contribution in [0.5, 0.6) is 0 Å². The van der Waals surface area contributed by atoms with E-state index in [0.29, 0.717) is 6.42 Å². The molecule has 64 valence electrons. The summed E-state index contributed by atoms with van der Waals surface area (Å²) >= 11 is 0. The molecule has 0 spiro atoms. The van der Waals surface area contributed by atoms with Crippen LogP contribution in [-0.2, 0) is 4.79 Å². The van der Waals surface area contributed by atoms with E-state index in [1.807, 2.05) is 27.9 Å². The fourth-order valence-corrected chi connectivity index (χ4v) is 0.530. The number of ketones is 1. The maximum atomic E-state index is 11.0. The molecule has 0 saturated carbocycles. The van der Waals surface area contributed by atoms with Crippen LogP contribution in [0.1, 0.15) is 20.3 Å². The molecule has 0 aromatic heterocycles. The van der Waals surface area contributed by atoms with Gasteiger partial charge in [0.25, 0.3) is 0 Å². The second kappa shape index (κ2) is 4.88. The van der Waals surface area contributed by atoms with Crippen molar-refractivity contribution in [2.75, 3.05) is 14.1 Å². The van der Waals surface area contributed by atoms with Crippen molar-refractivity contribution in [1.82, 2.24) is 5.01 Å². The topological polar surface area (TPSA) is 32.7 Å². The number of hydrazone groups is 1. The Morgan fingerprint density at radius 1 is 1.55 bits per heavy atom. The number of Topliss-reactive ketones (excluding diaryl/α,β-unsaturated/α-hetero) is 1. The van der Waals surface area contributed by atoms with Gasteiger partial charge in [0.05, 0.1) is 0 Å². The summed E-state index contributed by atoms with van der Waals surface area (Å²) in [6.07, 6.45) is 2.08. The molecule has 3 heteroatoms. The number of hydrogen-bond donors (Lipinski definition) is 0. The van der Waals surface area contributed by atoms with Crippen LogP contribution < -0.4 is 0 Å². The molecule has 0 aromatic carbocycles. The smallest absolute Gasteiger partial charge is 0.140 e. The van der Waals surface area contributed by atoms with Crippen LogP contribution in [0.4, 0.5) is 0 Å². The third-order valence-electron chi connectivity index (χ3n) is 1.25. The second-order valence-electron chi connectivity index (χ2n) is 2.97. The molecule has 0 aliphatic carbocycles. The monoisotopic (exact) mass is 156 g/mol. The average Bonchev–Trinajstić information content (AvgIpc) is 1.86. The van der Waals surface area contributed by atoms with Gasteiger partial charge in [-0.05, 0) is 0 Å². The summed E-state index contributed by atoms with van der Waals surface area (Å²) in [6, 6.07) is 0. The highest BCUT2D eigenvalue weighted by molar-refractivity contribution is 5.92. The predicted molar refractivity (Wildman–Crippen MR) is 46.6 cm³/mol. The maximum Gasteiger partial charge on any atom is 0.140 e. The fourth-order valence-electron chi connectivity index (χ4n) is 0.530. The van der Waals surface area contributed by atoms with Crippen LogP contribution >= 0.6 is 0 Å². The molecule has 0 aliphatic rings. The molecule has 0 saturated heterocycles. The fraction of sp³-hybridized carbons (Fsp3) is 0.750. The van der Waals surface area contributed by atoms with Crippen molar-refractivity contribution in [2.24, 2.45) is 11.0 Å². The molecule has 0 rings (SSSR count). The van der Waals surface area contributed by atoms with Crippen molar-refractivity contribution >= 4 is 12.0 Å². The van der Waals surface area contributed by atoms with E-state index in [4.69, 9.17) is 0 Å². The van der Waals surface area contributed by atoms with Gasteiger partial charge >= 0.3 is 0 Å². The largest absolute Gasteiger partial charge is 0.303 e. The predicted octanol–water partition coefficient (Wildman–Crippen LogP) is 1.15. The van der Waals surface area contributed by atoms with E-state index in [0.717, 1.165) is 0 Å². The standard InChI is InChI=1S/C8H16N2O/c1-7(2)8(11)5-6-9-10(3)4/h6-7H,5H2,1-4H3/b9-6+. The SMILES string of the molecule is CC(C)C(=O)C/C=N/N(C)C. The number of carbonyl (C=O) groups excluding carboxylic acids is 1. The van der Waals surface area contributed by atoms with Gasteiger partial charge in [0.2, 0.25) is 0 Å². The van der Waals surface area contributed by atoms with Crippen LogP contribution in [0.3, 0.4) is 0 Å². The first-order chi connectivity index (χ1) is 5.04. The lowest BCUT2D eigenvalue weighted by Crippen LogP contribution is -2.09. The number of carbonyl (C=O) groups is 1. The van der Waals surface area contributed by atoms with Crippen LogP contribution in [0, 0.1) is 5.92 Å². The van der Waals surface area contributed by atoms with Crippen LogP contribution in [0.25, 0.3) is 0 Å². The van der Waals surface area contributed by atoms with Crippen LogP contribution in [0.2, 0.25) is 0 Å². The highest BCUT2D eigenvalue weighted by Gasteiger charge is 2.03. The van der Waals surface area contributed by atoms with E-state index in [9.17, 15) is 4.79 Å². The third kappa shape index (κ3) is 5.58. The quantitative estimate of drug-likeness (QED) is 0.452. The van der Waals surface area contributed by atoms with Crippen molar-refractivity contribution in [1.29, 1.82) is 0 Å². The Morgan fingerprint density at radius 3 is 2.45 bits per heavy atom. The summed E-state index contributed by atoms with van der Waals surface area (Å²) in [5, 5.41) is 5.61. The summed E-state index contributed by atoms with van der Waals surface area (Å²) in [7, 11) is 3.66. The van der Waals surface area contributed by atoms with Crippen molar-refractivity contribution < 1.29 is 4.79 Å². The van der Waals surface area contributed by atoms with E-state index in [1.165, 1.54) is 0 Å². The van der Waals surface area contributed by atoms with Crippen molar-refractivity contribution in [3.05, 3.63) is 0 Å². The molecule has 0 heterocycles. The zero-order valence-electron chi connectivity index (χ0n) is 7.66. The number of hydrogen-bond acceptors (Lipinski definition) is 3. The van der Waals surface area contributed by atoms with Crippen LogP contribution in [-0.4, -0.2) is 31.1 Å². The Kier molecular flexibility index (Phi) is 4.50. The van der Waals surface area contributed by atoms with Gasteiger partial charge in [-0.1, -0.05) is 13.8 Å². The van der Waals surface area contributed by atoms with Crippen molar-refractivity contribution in [3.8, 4) is 0 Å². The van der Waals surface area contributed by atoms with Gasteiger partial charge in [-0.25, -0.2) is 0 Å². The van der Waals surface area contributed by atoms with Crippen molar-refractivity contribution in [3.63, 3.8) is 0 Å². The summed E-state index contributed by atoms with van der Waals surface area (Å²) in [5.74, 6) is 0.346. The molecule has 0 N–H and O–H groups in total. The van der Waals surface area contributed by atoms with E-state index < -0.39 is 0 Å². The Bertz CT molecular complexity index is 150. The molecule has 0 fully saturated rings. The maximum absolute atomic E-state index is 11.0. The van der Waals surface area contributed by atoms with E-state index >= 15 is 0 Å². The lowest BCUT2D eigenvalue weighted by atomic mass is 10.1. The van der Waals surface area contributed by atoms with E-state index in [2.05, 4.69) is 5.10 Å². The number of rotatable bonds is 4. The molecule has 0 aliphatic heterocycles. The minimum absolute atomic E-state index is 0.114. The summed E-state index contributed by atoms with van der Waals surface area (Å²) in [5.41, 5.74) is 0. The molecule has 0 unspecified atom stereocenters. The molecular formula is C8H16N2O. The zero-order valence-corrected chi connectivity index (χ0v) is 7.66. The summed E-state index contributed by atoms with van der Waals surface area (Å²) < 4.78 is 0. The van der Waals surface area contributed by atoms with Gasteiger partial charge in [0.1, 0.15) is 5.78 Å². The van der Waals surface area contributed by atoms with Crippen molar-refractivity contribution in [2.45, 2.75) is 20.3 Å². The molecule has 0 radical (unpaired) electrons. The third-order valence-corrected chi connectivity index (χ3v) is 1.25. The minimum atomic E-state index is 0.114. The average molecular weight is 156 g/mol. The molecule has 3 nitrogen and oxygen atoms in total. The minimum Gasteiger partial charge on any atom is -0.303 e. The van der Waals surface area contributed by atoms with Crippen LogP contribution in [0.15, 0.2) is 5.10 Å². The lowest BCUT2D eigenvalue weighted by Gasteiger charge is -2.02. The lowest BCUT2D eigenvalue weighted by molar-refractivity contribution is -0.120. The van der Waals surface area contributed by atoms with Gasteiger partial charge in [0, 0.05) is 32.6 Å². The van der Waals surface area contributed by atoms with Gasteiger partial charge in [-0.2, -0.15) is 5.10 Å². The van der Waals surface area contributed by atoms with E-state index in [1.54, 1.807) is 11.2 Å². The Hall–Kier alpha value is -0.860. The first-order valence-corrected chi connectivity index (χ1v) is 3.76. The first-order valence-electron chi connectivity index (χ1n) is 3.76. The second-order valence-corrected chi connectivity index (χ2v) is 2.97. The number of nitrogens with zero attached hydrogens (tertiary/aromatic N) is 2. The molecular weight excluding hydrogens is 140 g/mol. The van der Waals surface area contributed by atoms with Gasteiger partial charge < -0.3 is 5.01 Å². The molecule has 11 heavy (non-hydrogen) atoms. The Balaban J connectivity index is 3.62. The normalized spacial score (nSPS) is 11.0. The molecule has 0 amide bonds. The van der Waals surface area contributed by atoms with Gasteiger partial charge in [0.15, 0.2) is 0 Å². The Morgan fingerprint density at radius 2 is 2.09 bits per heavy atom. The molecule has 0 aromatic rings.